The number of imidazole rings is 1. The van der Waals surface area contributed by atoms with Gasteiger partial charge in [0.25, 0.3) is 0 Å². The maximum atomic E-state index is 6.06. The minimum absolute atomic E-state index is 0.346. The zero-order valence-electron chi connectivity index (χ0n) is 11.1. The summed E-state index contributed by atoms with van der Waals surface area (Å²) in [4.78, 5) is 11.3. The molecule has 3 N–H and O–H groups in total. The van der Waals surface area contributed by atoms with E-state index in [0.29, 0.717) is 18.1 Å². The first-order valence-electron chi connectivity index (χ1n) is 6.36. The number of hydrogen-bond acceptors (Lipinski definition) is 5. The second-order valence-electron chi connectivity index (χ2n) is 4.71. The lowest BCUT2D eigenvalue weighted by molar-refractivity contribution is 0.354. The molecule has 0 aliphatic carbocycles. The fraction of sp³-hybridized carbons (Fsp3) is 0.214. The predicted molar refractivity (Wildman–Crippen MR) is 73.7 cm³/mol. The van der Waals surface area contributed by atoms with Crippen molar-refractivity contribution in [1.29, 1.82) is 0 Å². The normalized spacial score (nSPS) is 12.5. The lowest BCUT2D eigenvalue weighted by atomic mass is 10.1. The first-order valence-corrected chi connectivity index (χ1v) is 6.36. The summed E-state index contributed by atoms with van der Waals surface area (Å²) in [7, 11) is 0. The third-order valence-corrected chi connectivity index (χ3v) is 3.03. The Morgan fingerprint density at radius 3 is 3.05 bits per heavy atom. The van der Waals surface area contributed by atoms with Gasteiger partial charge >= 0.3 is 0 Å². The quantitative estimate of drug-likeness (QED) is 0.755. The molecule has 0 unspecified atom stereocenters. The SMILES string of the molecule is Cc1cccc(-c2noc([C@H](N)Cc3cnc[nH]3)n2)c1. The van der Waals surface area contributed by atoms with E-state index >= 15 is 0 Å². The van der Waals surface area contributed by atoms with Gasteiger partial charge in [0, 0.05) is 23.9 Å². The van der Waals surface area contributed by atoms with Gasteiger partial charge in [-0.25, -0.2) is 4.98 Å². The maximum Gasteiger partial charge on any atom is 0.244 e. The average molecular weight is 269 g/mol. The van der Waals surface area contributed by atoms with E-state index in [4.69, 9.17) is 10.3 Å². The fourth-order valence-corrected chi connectivity index (χ4v) is 2.01. The molecule has 0 fully saturated rings. The van der Waals surface area contributed by atoms with Crippen LogP contribution in [0, 0.1) is 6.92 Å². The van der Waals surface area contributed by atoms with Gasteiger partial charge in [-0.05, 0) is 13.0 Å². The Bertz CT molecular complexity index is 689. The van der Waals surface area contributed by atoms with Gasteiger partial charge in [-0.3, -0.25) is 0 Å². The highest BCUT2D eigenvalue weighted by molar-refractivity contribution is 5.55. The number of H-pyrrole nitrogens is 1. The van der Waals surface area contributed by atoms with E-state index in [-0.39, 0.29) is 6.04 Å². The second-order valence-corrected chi connectivity index (χ2v) is 4.71. The van der Waals surface area contributed by atoms with Gasteiger partial charge < -0.3 is 15.2 Å². The Balaban J connectivity index is 1.79. The van der Waals surface area contributed by atoms with Crippen LogP contribution < -0.4 is 5.73 Å². The molecular weight excluding hydrogens is 254 g/mol. The summed E-state index contributed by atoms with van der Waals surface area (Å²) in [6.45, 7) is 2.02. The van der Waals surface area contributed by atoms with E-state index in [1.807, 2.05) is 31.2 Å². The third kappa shape index (κ3) is 2.60. The molecule has 0 saturated heterocycles. The van der Waals surface area contributed by atoms with Crippen LogP contribution in [-0.4, -0.2) is 20.1 Å². The highest BCUT2D eigenvalue weighted by Crippen LogP contribution is 2.20. The van der Waals surface area contributed by atoms with E-state index in [9.17, 15) is 0 Å². The molecule has 0 bridgehead atoms. The smallest absolute Gasteiger partial charge is 0.244 e. The molecule has 2 aromatic heterocycles. The van der Waals surface area contributed by atoms with E-state index in [2.05, 4.69) is 20.1 Å². The molecule has 2 heterocycles. The van der Waals surface area contributed by atoms with Crippen molar-refractivity contribution in [3.8, 4) is 11.4 Å². The summed E-state index contributed by atoms with van der Waals surface area (Å²) >= 11 is 0. The number of nitrogens with one attached hydrogen (secondary N) is 1. The summed E-state index contributed by atoms with van der Waals surface area (Å²) in [5.41, 5.74) is 9.07. The maximum absolute atomic E-state index is 6.06. The monoisotopic (exact) mass is 269 g/mol. The third-order valence-electron chi connectivity index (χ3n) is 3.03. The summed E-state index contributed by atoms with van der Waals surface area (Å²) in [5.74, 6) is 0.986. The molecule has 0 amide bonds. The van der Waals surface area contributed by atoms with Crippen LogP contribution in [-0.2, 0) is 6.42 Å². The molecule has 0 spiro atoms. The fourth-order valence-electron chi connectivity index (χ4n) is 2.01. The van der Waals surface area contributed by atoms with Crippen molar-refractivity contribution in [3.05, 3.63) is 53.9 Å². The van der Waals surface area contributed by atoms with Crippen molar-refractivity contribution in [2.24, 2.45) is 5.73 Å². The van der Waals surface area contributed by atoms with Crippen molar-refractivity contribution < 1.29 is 4.52 Å². The van der Waals surface area contributed by atoms with E-state index in [0.717, 1.165) is 16.8 Å². The van der Waals surface area contributed by atoms with Gasteiger partial charge in [0.05, 0.1) is 12.4 Å². The van der Waals surface area contributed by atoms with Gasteiger partial charge in [-0.2, -0.15) is 4.98 Å². The molecule has 0 saturated carbocycles. The van der Waals surface area contributed by atoms with Crippen molar-refractivity contribution in [2.45, 2.75) is 19.4 Å². The van der Waals surface area contributed by atoms with Gasteiger partial charge in [0.1, 0.15) is 0 Å². The molecule has 1 atom stereocenters. The van der Waals surface area contributed by atoms with Crippen LogP contribution in [0.5, 0.6) is 0 Å². The molecular formula is C14H15N5O. The Morgan fingerprint density at radius 1 is 1.40 bits per heavy atom. The number of rotatable bonds is 4. The van der Waals surface area contributed by atoms with Crippen molar-refractivity contribution in [2.75, 3.05) is 0 Å². The topological polar surface area (TPSA) is 93.6 Å². The number of aromatic nitrogens is 4. The second kappa shape index (κ2) is 5.26. The molecule has 0 aliphatic heterocycles. The average Bonchev–Trinajstić information content (AvgIpc) is 3.09. The largest absolute Gasteiger partial charge is 0.348 e. The first-order chi connectivity index (χ1) is 9.72. The highest BCUT2D eigenvalue weighted by atomic mass is 16.5. The standard InChI is InChI=1S/C14H15N5O/c1-9-3-2-4-10(5-9)13-18-14(20-19-13)12(15)6-11-7-16-8-17-11/h2-5,7-8,12H,6,15H2,1H3,(H,16,17)/t12-/m1/s1. The summed E-state index contributed by atoms with van der Waals surface area (Å²) in [6, 6.07) is 7.60. The number of nitrogens with two attached hydrogens (primary N) is 1. The summed E-state index contributed by atoms with van der Waals surface area (Å²) in [5, 5.41) is 3.99. The van der Waals surface area contributed by atoms with Gasteiger partial charge in [-0.1, -0.05) is 28.9 Å². The molecule has 0 radical (unpaired) electrons. The lowest BCUT2D eigenvalue weighted by Crippen LogP contribution is -2.13. The van der Waals surface area contributed by atoms with E-state index in [1.165, 1.54) is 0 Å². The minimum atomic E-state index is -0.346. The van der Waals surface area contributed by atoms with Crippen LogP contribution in [0.4, 0.5) is 0 Å². The zero-order valence-corrected chi connectivity index (χ0v) is 11.1. The Kier molecular flexibility index (Phi) is 3.30. The summed E-state index contributed by atoms with van der Waals surface area (Å²) < 4.78 is 5.25. The van der Waals surface area contributed by atoms with Crippen LogP contribution in [0.1, 0.15) is 23.2 Å². The Labute approximate surface area is 116 Å². The van der Waals surface area contributed by atoms with Gasteiger partial charge in [-0.15, -0.1) is 0 Å². The Hall–Kier alpha value is -2.47. The molecule has 3 aromatic rings. The van der Waals surface area contributed by atoms with Crippen LogP contribution in [0.2, 0.25) is 0 Å². The first kappa shape index (κ1) is 12.6. The minimum Gasteiger partial charge on any atom is -0.348 e. The molecule has 1 aromatic carbocycles. The number of aromatic amines is 1. The van der Waals surface area contributed by atoms with Gasteiger partial charge in [0.15, 0.2) is 0 Å². The van der Waals surface area contributed by atoms with Crippen molar-refractivity contribution in [1.82, 2.24) is 20.1 Å². The van der Waals surface area contributed by atoms with E-state index < -0.39 is 0 Å². The molecule has 3 rings (SSSR count). The summed E-state index contributed by atoms with van der Waals surface area (Å²) in [6.07, 6.45) is 3.93. The molecule has 20 heavy (non-hydrogen) atoms. The Morgan fingerprint density at radius 2 is 2.30 bits per heavy atom. The van der Waals surface area contributed by atoms with Gasteiger partial charge in [0.2, 0.25) is 11.7 Å². The number of aryl methyl sites for hydroxylation is 1. The molecule has 6 heteroatoms. The number of benzene rings is 1. The molecule has 0 aliphatic rings. The number of nitrogens with zero attached hydrogens (tertiary/aromatic N) is 3. The van der Waals surface area contributed by atoms with E-state index in [1.54, 1.807) is 12.5 Å². The lowest BCUT2D eigenvalue weighted by Gasteiger charge is -2.03. The molecule has 102 valence electrons. The molecule has 6 nitrogen and oxygen atoms in total. The number of hydrogen-bond donors (Lipinski definition) is 2. The van der Waals surface area contributed by atoms with Crippen LogP contribution in [0.25, 0.3) is 11.4 Å². The van der Waals surface area contributed by atoms with Crippen molar-refractivity contribution in [3.63, 3.8) is 0 Å². The van der Waals surface area contributed by atoms with Crippen LogP contribution >= 0.6 is 0 Å². The van der Waals surface area contributed by atoms with Crippen LogP contribution in [0.3, 0.4) is 0 Å². The van der Waals surface area contributed by atoms with Crippen molar-refractivity contribution >= 4 is 0 Å². The highest BCUT2D eigenvalue weighted by Gasteiger charge is 2.16. The zero-order chi connectivity index (χ0) is 13.9. The predicted octanol–water partition coefficient (Wildman–Crippen LogP) is 2.01. The van der Waals surface area contributed by atoms with Crippen LogP contribution in [0.15, 0.2) is 41.3 Å².